The van der Waals surface area contributed by atoms with Crippen molar-refractivity contribution in [2.24, 2.45) is 0 Å². The van der Waals surface area contributed by atoms with E-state index >= 15 is 0 Å². The monoisotopic (exact) mass is 237 g/mol. The van der Waals surface area contributed by atoms with Crippen molar-refractivity contribution in [2.75, 3.05) is 21.3 Å². The third kappa shape index (κ3) is 2.82. The van der Waals surface area contributed by atoms with Gasteiger partial charge in [0.25, 0.3) is 0 Å². The van der Waals surface area contributed by atoms with Crippen molar-refractivity contribution in [3.63, 3.8) is 0 Å². The van der Waals surface area contributed by atoms with Crippen LogP contribution in [0, 0.1) is 0 Å². The molecule has 0 heterocycles. The summed E-state index contributed by atoms with van der Waals surface area (Å²) in [6.45, 7) is 0.800. The van der Waals surface area contributed by atoms with Crippen molar-refractivity contribution in [1.82, 2.24) is 5.32 Å². The molecule has 1 aliphatic carbocycles. The van der Waals surface area contributed by atoms with Gasteiger partial charge in [-0.05, 0) is 18.9 Å². The van der Waals surface area contributed by atoms with E-state index in [-0.39, 0.29) is 0 Å². The molecule has 0 atom stereocenters. The Morgan fingerprint density at radius 2 is 1.59 bits per heavy atom. The van der Waals surface area contributed by atoms with Crippen LogP contribution in [0.1, 0.15) is 18.4 Å². The maximum Gasteiger partial charge on any atom is 0.164 e. The maximum absolute atomic E-state index is 5.36. The number of benzene rings is 1. The zero-order valence-electron chi connectivity index (χ0n) is 10.6. The number of methoxy groups -OCH3 is 3. The predicted octanol–water partition coefficient (Wildman–Crippen LogP) is 1.96. The number of hydrogen-bond acceptors (Lipinski definition) is 4. The van der Waals surface area contributed by atoms with Gasteiger partial charge < -0.3 is 19.5 Å². The summed E-state index contributed by atoms with van der Waals surface area (Å²) in [6, 6.07) is 4.50. The maximum atomic E-state index is 5.36. The summed E-state index contributed by atoms with van der Waals surface area (Å²) in [4.78, 5) is 0. The first-order valence-electron chi connectivity index (χ1n) is 5.80. The summed E-state index contributed by atoms with van der Waals surface area (Å²) >= 11 is 0. The molecule has 0 radical (unpaired) electrons. The van der Waals surface area contributed by atoms with Gasteiger partial charge in [-0.25, -0.2) is 0 Å². The predicted molar refractivity (Wildman–Crippen MR) is 66.0 cm³/mol. The molecule has 4 nitrogen and oxygen atoms in total. The molecular formula is C13H19NO3. The second-order valence-electron chi connectivity index (χ2n) is 4.17. The fourth-order valence-corrected chi connectivity index (χ4v) is 1.77. The molecule has 1 fully saturated rings. The molecule has 0 saturated heterocycles. The van der Waals surface area contributed by atoms with Gasteiger partial charge in [0.05, 0.1) is 21.3 Å². The fraction of sp³-hybridized carbons (Fsp3) is 0.538. The zero-order valence-corrected chi connectivity index (χ0v) is 10.6. The van der Waals surface area contributed by atoms with Crippen LogP contribution in [0.15, 0.2) is 12.1 Å². The van der Waals surface area contributed by atoms with E-state index in [1.165, 1.54) is 12.8 Å². The third-order valence-electron chi connectivity index (χ3n) is 2.95. The van der Waals surface area contributed by atoms with E-state index in [4.69, 9.17) is 14.2 Å². The molecular weight excluding hydrogens is 218 g/mol. The zero-order chi connectivity index (χ0) is 12.3. The van der Waals surface area contributed by atoms with E-state index in [1.807, 2.05) is 12.1 Å². The number of hydrogen-bond donors (Lipinski definition) is 1. The molecule has 17 heavy (non-hydrogen) atoms. The average Bonchev–Trinajstić information content (AvgIpc) is 3.19. The first-order chi connectivity index (χ1) is 8.28. The van der Waals surface area contributed by atoms with Gasteiger partial charge in [-0.1, -0.05) is 0 Å². The van der Waals surface area contributed by atoms with Crippen LogP contribution in [0.25, 0.3) is 0 Å². The first-order valence-corrected chi connectivity index (χ1v) is 5.80. The highest BCUT2D eigenvalue weighted by atomic mass is 16.5. The van der Waals surface area contributed by atoms with Crippen molar-refractivity contribution in [3.8, 4) is 17.2 Å². The van der Waals surface area contributed by atoms with Crippen LogP contribution in [0.2, 0.25) is 0 Å². The molecule has 0 aromatic heterocycles. The lowest BCUT2D eigenvalue weighted by Crippen LogP contribution is -2.16. The molecule has 1 aromatic carbocycles. The standard InChI is InChI=1S/C13H19NO3/c1-15-11-7-13(17-3)12(16-2)6-9(11)8-14-10-4-5-10/h6-7,10,14H,4-5,8H2,1-3H3. The Labute approximate surface area is 102 Å². The van der Waals surface area contributed by atoms with Crippen LogP contribution in [-0.2, 0) is 6.54 Å². The van der Waals surface area contributed by atoms with Gasteiger partial charge in [0.1, 0.15) is 5.75 Å². The molecule has 2 rings (SSSR count). The Bertz CT molecular complexity index is 388. The van der Waals surface area contributed by atoms with Crippen LogP contribution >= 0.6 is 0 Å². The van der Waals surface area contributed by atoms with Gasteiger partial charge in [-0.2, -0.15) is 0 Å². The van der Waals surface area contributed by atoms with Crippen molar-refractivity contribution in [2.45, 2.75) is 25.4 Å². The van der Waals surface area contributed by atoms with Crippen molar-refractivity contribution < 1.29 is 14.2 Å². The molecule has 1 aromatic rings. The third-order valence-corrected chi connectivity index (χ3v) is 2.95. The molecule has 0 amide bonds. The van der Waals surface area contributed by atoms with Crippen LogP contribution in [0.5, 0.6) is 17.2 Å². The van der Waals surface area contributed by atoms with Crippen LogP contribution in [-0.4, -0.2) is 27.4 Å². The number of rotatable bonds is 6. The van der Waals surface area contributed by atoms with E-state index in [1.54, 1.807) is 21.3 Å². The highest BCUT2D eigenvalue weighted by Crippen LogP contribution is 2.34. The Kier molecular flexibility index (Phi) is 3.74. The van der Waals surface area contributed by atoms with Gasteiger partial charge >= 0.3 is 0 Å². The number of nitrogens with one attached hydrogen (secondary N) is 1. The molecule has 94 valence electrons. The molecule has 0 unspecified atom stereocenters. The normalized spacial score (nSPS) is 14.5. The molecule has 1 N–H and O–H groups in total. The largest absolute Gasteiger partial charge is 0.496 e. The van der Waals surface area contributed by atoms with Crippen molar-refractivity contribution >= 4 is 0 Å². The minimum atomic E-state index is 0.674. The minimum absolute atomic E-state index is 0.674. The van der Waals surface area contributed by atoms with Crippen LogP contribution in [0.3, 0.4) is 0 Å². The Morgan fingerprint density at radius 1 is 1.00 bits per heavy atom. The smallest absolute Gasteiger partial charge is 0.164 e. The molecule has 4 heteroatoms. The topological polar surface area (TPSA) is 39.7 Å². The average molecular weight is 237 g/mol. The quantitative estimate of drug-likeness (QED) is 0.821. The summed E-state index contributed by atoms with van der Waals surface area (Å²) < 4.78 is 15.9. The van der Waals surface area contributed by atoms with Crippen LogP contribution in [0.4, 0.5) is 0 Å². The van der Waals surface area contributed by atoms with Crippen LogP contribution < -0.4 is 19.5 Å². The molecule has 0 aliphatic heterocycles. The van der Waals surface area contributed by atoms with Gasteiger partial charge in [0.15, 0.2) is 11.5 Å². The fourth-order valence-electron chi connectivity index (χ4n) is 1.77. The van der Waals surface area contributed by atoms with Gasteiger partial charge in [0.2, 0.25) is 0 Å². The minimum Gasteiger partial charge on any atom is -0.496 e. The Morgan fingerprint density at radius 3 is 2.12 bits per heavy atom. The van der Waals surface area contributed by atoms with E-state index in [2.05, 4.69) is 5.32 Å². The molecule has 0 spiro atoms. The summed E-state index contributed by atoms with van der Waals surface area (Å²) in [6.07, 6.45) is 2.55. The molecule has 1 aliphatic rings. The second-order valence-corrected chi connectivity index (χ2v) is 4.17. The van der Waals surface area contributed by atoms with Crippen molar-refractivity contribution in [3.05, 3.63) is 17.7 Å². The summed E-state index contributed by atoms with van der Waals surface area (Å²) in [5.41, 5.74) is 1.09. The van der Waals surface area contributed by atoms with Crippen molar-refractivity contribution in [1.29, 1.82) is 0 Å². The summed E-state index contributed by atoms with van der Waals surface area (Å²) in [7, 11) is 4.93. The highest BCUT2D eigenvalue weighted by Gasteiger charge is 2.21. The summed E-state index contributed by atoms with van der Waals surface area (Å²) in [5.74, 6) is 2.26. The SMILES string of the molecule is COc1cc(OC)c(OC)cc1CNC1CC1. The van der Waals surface area contributed by atoms with Gasteiger partial charge in [0, 0.05) is 24.2 Å². The first kappa shape index (κ1) is 12.0. The summed E-state index contributed by atoms with van der Waals surface area (Å²) in [5, 5.41) is 3.46. The van der Waals surface area contributed by atoms with E-state index in [0.717, 1.165) is 23.6 Å². The number of ether oxygens (including phenoxy) is 3. The van der Waals surface area contributed by atoms with Gasteiger partial charge in [-0.3, -0.25) is 0 Å². The van der Waals surface area contributed by atoms with E-state index in [0.29, 0.717) is 11.8 Å². The highest BCUT2D eigenvalue weighted by molar-refractivity contribution is 5.50. The molecule has 1 saturated carbocycles. The van der Waals surface area contributed by atoms with E-state index in [9.17, 15) is 0 Å². The lowest BCUT2D eigenvalue weighted by Gasteiger charge is -2.14. The molecule has 0 bridgehead atoms. The van der Waals surface area contributed by atoms with E-state index < -0.39 is 0 Å². The second kappa shape index (κ2) is 5.27. The Hall–Kier alpha value is -1.42. The lowest BCUT2D eigenvalue weighted by molar-refractivity contribution is 0.347. The Balaban J connectivity index is 2.20. The van der Waals surface area contributed by atoms with Gasteiger partial charge in [-0.15, -0.1) is 0 Å². The lowest BCUT2D eigenvalue weighted by atomic mass is 10.1.